The van der Waals surface area contributed by atoms with Gasteiger partial charge in [0.05, 0.1) is 5.69 Å². The molecule has 2 N–H and O–H groups in total. The molecule has 0 spiro atoms. The van der Waals surface area contributed by atoms with Gasteiger partial charge in [0.1, 0.15) is 17.4 Å². The molecule has 1 atom stereocenters. The third kappa shape index (κ3) is 3.11. The van der Waals surface area contributed by atoms with Crippen molar-refractivity contribution in [3.63, 3.8) is 0 Å². The second-order valence-electron chi connectivity index (χ2n) is 6.67. The van der Waals surface area contributed by atoms with E-state index in [1.54, 1.807) is 11.3 Å². The molecule has 2 aromatic rings. The van der Waals surface area contributed by atoms with E-state index in [0.717, 1.165) is 29.3 Å². The summed E-state index contributed by atoms with van der Waals surface area (Å²) in [5, 5.41) is 3.15. The van der Waals surface area contributed by atoms with Crippen LogP contribution in [0.15, 0.2) is 23.6 Å². The number of nitrogens with zero attached hydrogens (tertiary/aromatic N) is 1. The predicted molar refractivity (Wildman–Crippen MR) is 86.8 cm³/mol. The van der Waals surface area contributed by atoms with Crippen molar-refractivity contribution in [2.75, 3.05) is 0 Å². The Labute approximate surface area is 130 Å². The summed E-state index contributed by atoms with van der Waals surface area (Å²) in [5.74, 6) is 0.912. The van der Waals surface area contributed by atoms with Gasteiger partial charge in [-0.1, -0.05) is 26.8 Å². The van der Waals surface area contributed by atoms with Crippen LogP contribution in [0, 0.1) is 0 Å². The van der Waals surface area contributed by atoms with Gasteiger partial charge in [0, 0.05) is 16.8 Å². The summed E-state index contributed by atoms with van der Waals surface area (Å²) in [4.78, 5) is 4.65. The average molecular weight is 302 g/mol. The minimum Gasteiger partial charge on any atom is -0.486 e. The van der Waals surface area contributed by atoms with Gasteiger partial charge < -0.3 is 10.5 Å². The monoisotopic (exact) mass is 302 g/mol. The van der Waals surface area contributed by atoms with Crippen LogP contribution in [0.2, 0.25) is 0 Å². The van der Waals surface area contributed by atoms with Gasteiger partial charge in [-0.3, -0.25) is 0 Å². The Balaban J connectivity index is 1.67. The first-order valence-corrected chi connectivity index (χ1v) is 8.27. The normalized spacial score (nSPS) is 17.8. The summed E-state index contributed by atoms with van der Waals surface area (Å²) in [7, 11) is 0. The number of benzene rings is 1. The highest BCUT2D eigenvalue weighted by Crippen LogP contribution is 2.32. The molecule has 3 rings (SSSR count). The topological polar surface area (TPSA) is 48.1 Å². The number of hydrogen-bond acceptors (Lipinski definition) is 4. The predicted octanol–water partition coefficient (Wildman–Crippen LogP) is 3.97. The van der Waals surface area contributed by atoms with E-state index in [2.05, 4.69) is 43.3 Å². The Bertz CT molecular complexity index is 642. The average Bonchev–Trinajstić information content (AvgIpc) is 3.03. The van der Waals surface area contributed by atoms with Gasteiger partial charge >= 0.3 is 0 Å². The fraction of sp³-hybridized carbons (Fsp3) is 0.471. The second kappa shape index (κ2) is 5.43. The van der Waals surface area contributed by atoms with E-state index in [-0.39, 0.29) is 11.5 Å². The van der Waals surface area contributed by atoms with Gasteiger partial charge in [-0.2, -0.15) is 0 Å². The molecule has 0 unspecified atom stereocenters. The lowest BCUT2D eigenvalue weighted by atomic mass is 9.93. The standard InChI is InChI=1S/C17H22N2OS/c1-17(2,3)15-10-21-16(19-15)9-20-12-5-6-13-11(8-12)4-7-14(13)18/h5-6,8,10,14H,4,7,9,18H2,1-3H3/t14-/m0/s1. The van der Waals surface area contributed by atoms with Crippen LogP contribution in [0.25, 0.3) is 0 Å². The van der Waals surface area contributed by atoms with Crippen molar-refractivity contribution in [3.8, 4) is 5.75 Å². The van der Waals surface area contributed by atoms with E-state index in [0.29, 0.717) is 6.61 Å². The summed E-state index contributed by atoms with van der Waals surface area (Å²) >= 11 is 1.67. The highest BCUT2D eigenvalue weighted by molar-refractivity contribution is 7.09. The van der Waals surface area contributed by atoms with Gasteiger partial charge in [0.25, 0.3) is 0 Å². The molecule has 0 fully saturated rings. The molecule has 0 radical (unpaired) electrons. The van der Waals surface area contributed by atoms with E-state index < -0.39 is 0 Å². The molecule has 1 aliphatic carbocycles. The Morgan fingerprint density at radius 2 is 2.19 bits per heavy atom. The molecule has 0 amide bonds. The molecule has 0 saturated carbocycles. The molecule has 1 aromatic carbocycles. The van der Waals surface area contributed by atoms with E-state index in [1.165, 1.54) is 11.1 Å². The van der Waals surface area contributed by atoms with Crippen molar-refractivity contribution in [1.82, 2.24) is 4.98 Å². The molecular formula is C17H22N2OS. The zero-order chi connectivity index (χ0) is 15.0. The first-order valence-electron chi connectivity index (χ1n) is 7.39. The van der Waals surface area contributed by atoms with E-state index >= 15 is 0 Å². The van der Waals surface area contributed by atoms with Crippen LogP contribution in [-0.4, -0.2) is 4.98 Å². The molecule has 0 bridgehead atoms. The molecule has 112 valence electrons. The highest BCUT2D eigenvalue weighted by atomic mass is 32.1. The molecule has 0 aliphatic heterocycles. The maximum Gasteiger partial charge on any atom is 0.140 e. The summed E-state index contributed by atoms with van der Waals surface area (Å²) in [6.07, 6.45) is 2.10. The van der Waals surface area contributed by atoms with Crippen LogP contribution in [0.1, 0.15) is 55.1 Å². The molecule has 1 aliphatic rings. The van der Waals surface area contributed by atoms with Crippen molar-refractivity contribution in [3.05, 3.63) is 45.4 Å². The number of thiazole rings is 1. The summed E-state index contributed by atoms with van der Waals surface area (Å²) in [5.41, 5.74) is 9.88. The van der Waals surface area contributed by atoms with Crippen LogP contribution in [0.5, 0.6) is 5.75 Å². The van der Waals surface area contributed by atoms with Gasteiger partial charge in [-0.15, -0.1) is 11.3 Å². The smallest absolute Gasteiger partial charge is 0.140 e. The lowest BCUT2D eigenvalue weighted by Crippen LogP contribution is -2.11. The summed E-state index contributed by atoms with van der Waals surface area (Å²) in [6.45, 7) is 7.06. The van der Waals surface area contributed by atoms with Crippen LogP contribution >= 0.6 is 11.3 Å². The van der Waals surface area contributed by atoms with Crippen LogP contribution in [0.3, 0.4) is 0 Å². The molecule has 3 nitrogen and oxygen atoms in total. The molecule has 4 heteroatoms. The third-order valence-corrected chi connectivity index (χ3v) is 4.74. The Morgan fingerprint density at radius 1 is 1.38 bits per heavy atom. The number of ether oxygens (including phenoxy) is 1. The van der Waals surface area contributed by atoms with E-state index in [9.17, 15) is 0 Å². The SMILES string of the molecule is CC(C)(C)c1csc(COc2ccc3c(c2)CC[C@@H]3N)n1. The molecule has 1 heterocycles. The second-order valence-corrected chi connectivity index (χ2v) is 7.61. The maximum absolute atomic E-state index is 6.06. The third-order valence-electron chi connectivity index (χ3n) is 3.92. The number of hydrogen-bond donors (Lipinski definition) is 1. The lowest BCUT2D eigenvalue weighted by molar-refractivity contribution is 0.304. The molecule has 1 aromatic heterocycles. The Morgan fingerprint density at radius 3 is 2.90 bits per heavy atom. The number of aromatic nitrogens is 1. The Kier molecular flexibility index (Phi) is 3.76. The maximum atomic E-state index is 6.06. The van der Waals surface area contributed by atoms with Crippen molar-refractivity contribution < 1.29 is 4.74 Å². The number of nitrogens with two attached hydrogens (primary N) is 1. The number of fused-ring (bicyclic) bond motifs is 1. The zero-order valence-electron chi connectivity index (χ0n) is 12.8. The van der Waals surface area contributed by atoms with Crippen molar-refractivity contribution in [2.45, 2.75) is 51.7 Å². The fourth-order valence-electron chi connectivity index (χ4n) is 2.58. The molecular weight excluding hydrogens is 280 g/mol. The van der Waals surface area contributed by atoms with Crippen LogP contribution in [0.4, 0.5) is 0 Å². The number of aryl methyl sites for hydroxylation is 1. The lowest BCUT2D eigenvalue weighted by Gasteiger charge is -2.14. The zero-order valence-corrected chi connectivity index (χ0v) is 13.7. The van der Waals surface area contributed by atoms with Crippen molar-refractivity contribution in [2.24, 2.45) is 5.73 Å². The van der Waals surface area contributed by atoms with Gasteiger partial charge in [-0.25, -0.2) is 4.98 Å². The van der Waals surface area contributed by atoms with Crippen LogP contribution in [-0.2, 0) is 18.4 Å². The fourth-order valence-corrected chi connectivity index (χ4v) is 3.52. The number of rotatable bonds is 3. The largest absolute Gasteiger partial charge is 0.486 e. The van der Waals surface area contributed by atoms with Gasteiger partial charge in [0.15, 0.2) is 0 Å². The quantitative estimate of drug-likeness (QED) is 0.933. The first kappa shape index (κ1) is 14.5. The minimum atomic E-state index is 0.0957. The van der Waals surface area contributed by atoms with Gasteiger partial charge in [-0.05, 0) is 36.1 Å². The minimum absolute atomic E-state index is 0.0957. The first-order chi connectivity index (χ1) is 9.93. The molecule has 0 saturated heterocycles. The summed E-state index contributed by atoms with van der Waals surface area (Å²) in [6, 6.07) is 6.44. The van der Waals surface area contributed by atoms with Crippen LogP contribution < -0.4 is 10.5 Å². The summed E-state index contributed by atoms with van der Waals surface area (Å²) < 4.78 is 5.89. The molecule has 21 heavy (non-hydrogen) atoms. The van der Waals surface area contributed by atoms with E-state index in [1.807, 2.05) is 6.07 Å². The Hall–Kier alpha value is -1.39. The highest BCUT2D eigenvalue weighted by Gasteiger charge is 2.20. The van der Waals surface area contributed by atoms with E-state index in [4.69, 9.17) is 10.5 Å². The van der Waals surface area contributed by atoms with Gasteiger partial charge in [0.2, 0.25) is 0 Å². The van der Waals surface area contributed by atoms with Crippen molar-refractivity contribution >= 4 is 11.3 Å². The van der Waals surface area contributed by atoms with Crippen molar-refractivity contribution in [1.29, 1.82) is 0 Å².